The lowest BCUT2D eigenvalue weighted by atomic mass is 9.84. The fourth-order valence-electron chi connectivity index (χ4n) is 6.58. The van der Waals surface area contributed by atoms with Gasteiger partial charge in [0.2, 0.25) is 0 Å². The zero-order valence-corrected chi connectivity index (χ0v) is 21.5. The highest BCUT2D eigenvalue weighted by atomic mass is 16.4. The molecule has 40 heavy (non-hydrogen) atoms. The SMILES string of the molecule is c1ccc2cc(-c3c4ccccc4c(-c4cc5c6ccccc6oc5c5occc45)c4ccccc34)ccc2c1. The van der Waals surface area contributed by atoms with E-state index in [0.29, 0.717) is 0 Å². The molecule has 0 amide bonds. The molecule has 2 aromatic heterocycles. The van der Waals surface area contributed by atoms with Crippen molar-refractivity contribution in [1.29, 1.82) is 0 Å². The largest absolute Gasteiger partial charge is 0.460 e. The second-order valence-electron chi connectivity index (χ2n) is 10.5. The first-order valence-electron chi connectivity index (χ1n) is 13.6. The van der Waals surface area contributed by atoms with E-state index in [9.17, 15) is 0 Å². The Bertz CT molecular complexity index is 2380. The maximum atomic E-state index is 6.31. The molecule has 0 spiro atoms. The van der Waals surface area contributed by atoms with Gasteiger partial charge in [0.25, 0.3) is 0 Å². The summed E-state index contributed by atoms with van der Waals surface area (Å²) in [7, 11) is 0. The third-order valence-electron chi connectivity index (χ3n) is 8.32. The number of hydrogen-bond acceptors (Lipinski definition) is 2. The van der Waals surface area contributed by atoms with Gasteiger partial charge in [-0.2, -0.15) is 0 Å². The molecule has 2 heterocycles. The van der Waals surface area contributed by atoms with Crippen molar-refractivity contribution in [2.45, 2.75) is 0 Å². The Hall–Kier alpha value is -5.34. The zero-order valence-electron chi connectivity index (χ0n) is 21.5. The molecule has 0 saturated carbocycles. The number of furan rings is 2. The predicted molar refractivity (Wildman–Crippen MR) is 167 cm³/mol. The Balaban J connectivity index is 1.45. The van der Waals surface area contributed by atoms with E-state index in [1.54, 1.807) is 6.26 Å². The minimum atomic E-state index is 0.787. The van der Waals surface area contributed by atoms with Crippen LogP contribution in [0.2, 0.25) is 0 Å². The Kier molecular flexibility index (Phi) is 4.36. The molecule has 0 aliphatic rings. The maximum absolute atomic E-state index is 6.31. The Morgan fingerprint density at radius 2 is 1.02 bits per heavy atom. The monoisotopic (exact) mass is 510 g/mol. The normalized spacial score (nSPS) is 12.0. The fourth-order valence-corrected chi connectivity index (χ4v) is 6.58. The molecule has 0 aliphatic heterocycles. The Labute approximate surface area is 229 Å². The molecule has 9 rings (SSSR count). The van der Waals surface area contributed by atoms with Crippen molar-refractivity contribution in [3.05, 3.63) is 134 Å². The molecule has 0 fully saturated rings. The smallest absolute Gasteiger partial charge is 0.178 e. The minimum Gasteiger partial charge on any atom is -0.460 e. The van der Waals surface area contributed by atoms with Crippen LogP contribution in [0, 0.1) is 0 Å². The topological polar surface area (TPSA) is 26.3 Å². The third-order valence-corrected chi connectivity index (χ3v) is 8.32. The average molecular weight is 511 g/mol. The van der Waals surface area contributed by atoms with Gasteiger partial charge in [0.15, 0.2) is 11.2 Å². The van der Waals surface area contributed by atoms with Crippen molar-refractivity contribution in [2.75, 3.05) is 0 Å². The maximum Gasteiger partial charge on any atom is 0.178 e. The number of para-hydroxylation sites is 1. The van der Waals surface area contributed by atoms with Crippen molar-refractivity contribution in [3.8, 4) is 22.3 Å². The van der Waals surface area contributed by atoms with E-state index in [0.717, 1.165) is 38.5 Å². The number of hydrogen-bond donors (Lipinski definition) is 0. The van der Waals surface area contributed by atoms with Gasteiger partial charge in [-0.1, -0.05) is 103 Å². The molecule has 9 aromatic rings. The van der Waals surface area contributed by atoms with E-state index >= 15 is 0 Å². The first-order valence-corrected chi connectivity index (χ1v) is 13.6. The molecule has 7 aromatic carbocycles. The van der Waals surface area contributed by atoms with E-state index in [2.05, 4.69) is 115 Å². The number of rotatable bonds is 2. The van der Waals surface area contributed by atoms with E-state index in [4.69, 9.17) is 8.83 Å². The van der Waals surface area contributed by atoms with Gasteiger partial charge in [0.1, 0.15) is 5.58 Å². The summed E-state index contributed by atoms with van der Waals surface area (Å²) in [6.45, 7) is 0. The van der Waals surface area contributed by atoms with Crippen molar-refractivity contribution in [3.63, 3.8) is 0 Å². The van der Waals surface area contributed by atoms with E-state index in [-0.39, 0.29) is 0 Å². The van der Waals surface area contributed by atoms with Crippen LogP contribution < -0.4 is 0 Å². The van der Waals surface area contributed by atoms with Gasteiger partial charge in [0, 0.05) is 16.2 Å². The standard InChI is InChI=1S/C38H22O2/c1-2-10-24-21-25(18-17-23(24)9-1)35-27-12-3-5-14-29(27)36(30-15-6-4-13-28(30)35)32-22-33-26-11-7-8-16-34(26)40-38(33)37-31(32)19-20-39-37/h1-22H. The van der Waals surface area contributed by atoms with Crippen LogP contribution in [0.4, 0.5) is 0 Å². The van der Waals surface area contributed by atoms with Gasteiger partial charge < -0.3 is 8.83 Å². The lowest BCUT2D eigenvalue weighted by molar-refractivity contribution is 0.600. The molecule has 2 nitrogen and oxygen atoms in total. The van der Waals surface area contributed by atoms with Gasteiger partial charge in [0.05, 0.1) is 6.26 Å². The van der Waals surface area contributed by atoms with Crippen molar-refractivity contribution in [1.82, 2.24) is 0 Å². The van der Waals surface area contributed by atoms with Crippen molar-refractivity contribution < 1.29 is 8.83 Å². The van der Waals surface area contributed by atoms with Crippen molar-refractivity contribution in [2.24, 2.45) is 0 Å². The average Bonchev–Trinajstić information content (AvgIpc) is 3.65. The molecule has 0 atom stereocenters. The van der Waals surface area contributed by atoms with Crippen LogP contribution in [0.1, 0.15) is 0 Å². The van der Waals surface area contributed by atoms with Gasteiger partial charge >= 0.3 is 0 Å². The van der Waals surface area contributed by atoms with Crippen LogP contribution in [-0.4, -0.2) is 0 Å². The van der Waals surface area contributed by atoms with Crippen LogP contribution in [-0.2, 0) is 0 Å². The molecule has 0 saturated heterocycles. The van der Waals surface area contributed by atoms with Crippen LogP contribution in [0.3, 0.4) is 0 Å². The van der Waals surface area contributed by atoms with Gasteiger partial charge in [-0.15, -0.1) is 0 Å². The number of fused-ring (bicyclic) bond motifs is 8. The fraction of sp³-hybridized carbons (Fsp3) is 0. The predicted octanol–water partition coefficient (Wildman–Crippen LogP) is 11.1. The highest BCUT2D eigenvalue weighted by Crippen LogP contribution is 2.48. The van der Waals surface area contributed by atoms with Gasteiger partial charge in [-0.05, 0) is 78.8 Å². The molecule has 2 heteroatoms. The molecule has 0 aliphatic carbocycles. The summed E-state index contributed by atoms with van der Waals surface area (Å²) in [5.41, 5.74) is 7.31. The molecular weight excluding hydrogens is 488 g/mol. The quantitative estimate of drug-likeness (QED) is 0.216. The first kappa shape index (κ1) is 21.6. The van der Waals surface area contributed by atoms with E-state index < -0.39 is 0 Å². The van der Waals surface area contributed by atoms with Crippen molar-refractivity contribution >= 4 is 65.2 Å². The molecular formula is C38H22O2. The first-order chi connectivity index (χ1) is 19.8. The highest BCUT2D eigenvalue weighted by Gasteiger charge is 2.22. The van der Waals surface area contributed by atoms with Crippen LogP contribution >= 0.6 is 0 Å². The van der Waals surface area contributed by atoms with Gasteiger partial charge in [-0.3, -0.25) is 0 Å². The molecule has 0 unspecified atom stereocenters. The van der Waals surface area contributed by atoms with Gasteiger partial charge in [-0.25, -0.2) is 0 Å². The Morgan fingerprint density at radius 3 is 1.77 bits per heavy atom. The molecule has 0 bridgehead atoms. The summed E-state index contributed by atoms with van der Waals surface area (Å²) in [6, 6.07) is 45.6. The third kappa shape index (κ3) is 2.93. The minimum absolute atomic E-state index is 0.787. The summed E-state index contributed by atoms with van der Waals surface area (Å²) in [6.07, 6.45) is 1.77. The summed E-state index contributed by atoms with van der Waals surface area (Å²) >= 11 is 0. The van der Waals surface area contributed by atoms with Crippen LogP contribution in [0.15, 0.2) is 142 Å². The lowest BCUT2D eigenvalue weighted by Crippen LogP contribution is -1.91. The summed E-state index contributed by atoms with van der Waals surface area (Å²) < 4.78 is 12.4. The molecule has 0 N–H and O–H groups in total. The number of benzene rings is 7. The molecule has 186 valence electrons. The highest BCUT2D eigenvalue weighted by molar-refractivity contribution is 6.26. The summed E-state index contributed by atoms with van der Waals surface area (Å²) in [5.74, 6) is 0. The second kappa shape index (κ2) is 8.08. The Morgan fingerprint density at radius 1 is 0.400 bits per heavy atom. The van der Waals surface area contributed by atoms with Crippen LogP contribution in [0.25, 0.3) is 87.5 Å². The summed E-state index contributed by atoms with van der Waals surface area (Å²) in [5, 5.41) is 10.6. The molecule has 0 radical (unpaired) electrons. The van der Waals surface area contributed by atoms with E-state index in [1.807, 2.05) is 12.1 Å². The van der Waals surface area contributed by atoms with Crippen LogP contribution in [0.5, 0.6) is 0 Å². The zero-order chi connectivity index (χ0) is 26.2. The van der Waals surface area contributed by atoms with E-state index in [1.165, 1.54) is 49.0 Å². The second-order valence-corrected chi connectivity index (χ2v) is 10.5. The summed E-state index contributed by atoms with van der Waals surface area (Å²) in [4.78, 5) is 0. The lowest BCUT2D eigenvalue weighted by Gasteiger charge is -2.18.